The third-order valence-corrected chi connectivity index (χ3v) is 4.67. The van der Waals surface area contributed by atoms with Crippen molar-refractivity contribution in [3.63, 3.8) is 0 Å². The highest BCUT2D eigenvalue weighted by Crippen LogP contribution is 2.32. The molecule has 2 rings (SSSR count). The molecule has 1 aromatic heterocycles. The molecule has 1 aliphatic rings. The van der Waals surface area contributed by atoms with Gasteiger partial charge in [-0.15, -0.1) is 0 Å². The zero-order valence-corrected chi connectivity index (χ0v) is 14.0. The normalized spacial score (nSPS) is 22.5. The highest BCUT2D eigenvalue weighted by molar-refractivity contribution is 6.30. The van der Waals surface area contributed by atoms with Gasteiger partial charge in [0.1, 0.15) is 11.2 Å². The van der Waals surface area contributed by atoms with E-state index in [2.05, 4.69) is 10.4 Å². The van der Waals surface area contributed by atoms with Crippen molar-refractivity contribution in [2.24, 2.45) is 7.05 Å². The van der Waals surface area contributed by atoms with Gasteiger partial charge in [-0.25, -0.2) is 0 Å². The fourth-order valence-corrected chi connectivity index (χ4v) is 3.19. The van der Waals surface area contributed by atoms with Crippen LogP contribution in [-0.4, -0.2) is 45.4 Å². The van der Waals surface area contributed by atoms with E-state index in [0.717, 1.165) is 16.2 Å². The maximum atomic E-state index is 13.0. The molecule has 0 saturated carbocycles. The Balaban J connectivity index is 2.02. The number of hydrogen-bond donors (Lipinski definition) is 1. The highest BCUT2D eigenvalue weighted by Gasteiger charge is 2.47. The topological polar surface area (TPSA) is 50.2 Å². The number of carbonyl (C=O) groups is 1. The van der Waals surface area contributed by atoms with Gasteiger partial charge in [0.05, 0.1) is 5.69 Å². The fraction of sp³-hybridized carbons (Fsp3) is 0.714. The number of nitrogens with one attached hydrogen (secondary N) is 1. The van der Waals surface area contributed by atoms with Gasteiger partial charge in [0, 0.05) is 38.7 Å². The summed E-state index contributed by atoms with van der Waals surface area (Å²) in [7, 11) is 1.73. The Kier molecular flexibility index (Phi) is 5.25. The van der Waals surface area contributed by atoms with Crippen LogP contribution in [0, 0.1) is 6.92 Å². The number of piperidine rings is 1. The van der Waals surface area contributed by atoms with Crippen LogP contribution in [0.15, 0.2) is 0 Å². The summed E-state index contributed by atoms with van der Waals surface area (Å²) < 4.78 is 40.5. The number of alkyl halides is 3. The predicted molar refractivity (Wildman–Crippen MR) is 80.0 cm³/mol. The second-order valence-corrected chi connectivity index (χ2v) is 6.22. The Bertz CT molecular complexity index is 587. The van der Waals surface area contributed by atoms with Gasteiger partial charge in [-0.2, -0.15) is 18.3 Å². The van der Waals surface area contributed by atoms with Gasteiger partial charge < -0.3 is 10.2 Å². The van der Waals surface area contributed by atoms with Crippen LogP contribution in [0.5, 0.6) is 0 Å². The first-order valence-electron chi connectivity index (χ1n) is 7.36. The molecule has 0 bridgehead atoms. The first-order chi connectivity index (χ1) is 10.6. The van der Waals surface area contributed by atoms with E-state index in [0.29, 0.717) is 18.1 Å². The molecule has 0 aliphatic carbocycles. The number of halogens is 4. The fourth-order valence-electron chi connectivity index (χ4n) is 2.95. The zero-order valence-electron chi connectivity index (χ0n) is 13.2. The minimum atomic E-state index is -4.39. The van der Waals surface area contributed by atoms with Gasteiger partial charge in [0.2, 0.25) is 5.91 Å². The first-order valence-corrected chi connectivity index (χ1v) is 7.74. The summed E-state index contributed by atoms with van der Waals surface area (Å²) in [5.74, 6) is -0.561. The van der Waals surface area contributed by atoms with Crippen molar-refractivity contribution < 1.29 is 18.0 Å². The lowest BCUT2D eigenvalue weighted by atomic mass is 9.97. The lowest BCUT2D eigenvalue weighted by Gasteiger charge is -2.40. The standard InChI is InChI=1S/C14H20ClF3N4O/c1-8-11(13(15)21(3)20-8)6-19-10-4-5-12(14(16,17)18)22(7-10)9(2)23/h10,12,19H,4-7H2,1-3H3. The number of hydrogen-bond acceptors (Lipinski definition) is 3. The third-order valence-electron chi connectivity index (χ3n) is 4.20. The summed E-state index contributed by atoms with van der Waals surface area (Å²) in [6.45, 7) is 3.44. The van der Waals surface area contributed by atoms with Crippen LogP contribution in [0.4, 0.5) is 13.2 Å². The quantitative estimate of drug-likeness (QED) is 0.909. The zero-order chi connectivity index (χ0) is 17.4. The summed E-state index contributed by atoms with van der Waals surface area (Å²) in [5, 5.41) is 7.89. The molecule has 0 aromatic carbocycles. The summed E-state index contributed by atoms with van der Waals surface area (Å²) in [4.78, 5) is 12.5. The Morgan fingerprint density at radius 1 is 1.43 bits per heavy atom. The molecule has 2 unspecified atom stereocenters. The van der Waals surface area contributed by atoms with Crippen LogP contribution in [0.2, 0.25) is 5.15 Å². The van der Waals surface area contributed by atoms with E-state index in [9.17, 15) is 18.0 Å². The molecule has 23 heavy (non-hydrogen) atoms. The Morgan fingerprint density at radius 3 is 2.57 bits per heavy atom. The van der Waals surface area contributed by atoms with Gasteiger partial charge in [0.25, 0.3) is 0 Å². The van der Waals surface area contributed by atoms with E-state index in [1.807, 2.05) is 6.92 Å². The molecule has 2 heterocycles. The Labute approximate surface area is 137 Å². The molecule has 130 valence electrons. The van der Waals surface area contributed by atoms with E-state index in [4.69, 9.17) is 11.6 Å². The molecule has 0 spiro atoms. The molecular weight excluding hydrogens is 333 g/mol. The Morgan fingerprint density at radius 2 is 2.09 bits per heavy atom. The monoisotopic (exact) mass is 352 g/mol. The maximum Gasteiger partial charge on any atom is 0.408 e. The average Bonchev–Trinajstić information content (AvgIpc) is 2.68. The molecule has 0 radical (unpaired) electrons. The van der Waals surface area contributed by atoms with Crippen LogP contribution in [0.25, 0.3) is 0 Å². The summed E-state index contributed by atoms with van der Waals surface area (Å²) in [6, 6.07) is -1.89. The molecule has 2 atom stereocenters. The van der Waals surface area contributed by atoms with Crippen LogP contribution >= 0.6 is 11.6 Å². The summed E-state index contributed by atoms with van der Waals surface area (Å²) in [6.07, 6.45) is -4.13. The Hall–Kier alpha value is -1.28. The van der Waals surface area contributed by atoms with Crippen molar-refractivity contribution in [3.05, 3.63) is 16.4 Å². The van der Waals surface area contributed by atoms with E-state index >= 15 is 0 Å². The molecule has 5 nitrogen and oxygen atoms in total. The van der Waals surface area contributed by atoms with Gasteiger partial charge in [-0.05, 0) is 19.8 Å². The van der Waals surface area contributed by atoms with Crippen molar-refractivity contribution in [2.45, 2.75) is 51.5 Å². The molecule has 1 saturated heterocycles. The van der Waals surface area contributed by atoms with Crippen molar-refractivity contribution in [1.29, 1.82) is 0 Å². The molecular formula is C14H20ClF3N4O. The van der Waals surface area contributed by atoms with Crippen molar-refractivity contribution in [3.8, 4) is 0 Å². The number of likely N-dealkylation sites (tertiary alicyclic amines) is 1. The van der Waals surface area contributed by atoms with Crippen molar-refractivity contribution in [1.82, 2.24) is 20.0 Å². The number of rotatable bonds is 3. The van der Waals surface area contributed by atoms with Gasteiger partial charge in [0.15, 0.2) is 0 Å². The van der Waals surface area contributed by atoms with Gasteiger partial charge in [-0.3, -0.25) is 9.48 Å². The molecule has 1 amide bonds. The number of aryl methyl sites for hydroxylation is 2. The lowest BCUT2D eigenvalue weighted by molar-refractivity contribution is -0.196. The predicted octanol–water partition coefficient (Wildman–Crippen LogP) is 2.41. The second kappa shape index (κ2) is 6.68. The summed E-state index contributed by atoms with van der Waals surface area (Å²) in [5.41, 5.74) is 1.60. The number of nitrogens with zero attached hydrogens (tertiary/aromatic N) is 3. The molecule has 1 N–H and O–H groups in total. The van der Waals surface area contributed by atoms with Gasteiger partial charge in [-0.1, -0.05) is 11.6 Å². The van der Waals surface area contributed by atoms with E-state index in [-0.39, 0.29) is 19.0 Å². The minimum Gasteiger partial charge on any atom is -0.329 e. The molecule has 1 aromatic rings. The largest absolute Gasteiger partial charge is 0.408 e. The van der Waals surface area contributed by atoms with E-state index in [1.54, 1.807) is 11.7 Å². The molecule has 1 aliphatic heterocycles. The second-order valence-electron chi connectivity index (χ2n) is 5.86. The average molecular weight is 353 g/mol. The first kappa shape index (κ1) is 18.1. The van der Waals surface area contributed by atoms with E-state index in [1.165, 1.54) is 6.92 Å². The smallest absolute Gasteiger partial charge is 0.329 e. The highest BCUT2D eigenvalue weighted by atomic mass is 35.5. The number of carbonyl (C=O) groups excluding carboxylic acids is 1. The van der Waals surface area contributed by atoms with Crippen molar-refractivity contribution in [2.75, 3.05) is 6.54 Å². The SMILES string of the molecule is CC(=O)N1CC(NCc2c(C)nn(C)c2Cl)CCC1C(F)(F)F. The molecule has 1 fully saturated rings. The molecule has 9 heteroatoms. The van der Waals surface area contributed by atoms with Crippen LogP contribution in [0.1, 0.15) is 31.0 Å². The van der Waals surface area contributed by atoms with Crippen molar-refractivity contribution >= 4 is 17.5 Å². The summed E-state index contributed by atoms with van der Waals surface area (Å²) >= 11 is 6.14. The number of aromatic nitrogens is 2. The van der Waals surface area contributed by atoms with Crippen LogP contribution in [0.3, 0.4) is 0 Å². The third kappa shape index (κ3) is 3.98. The lowest BCUT2D eigenvalue weighted by Crippen LogP contribution is -2.57. The number of amides is 1. The van der Waals surface area contributed by atoms with Gasteiger partial charge >= 0.3 is 6.18 Å². The van der Waals surface area contributed by atoms with Crippen LogP contribution < -0.4 is 5.32 Å². The maximum absolute atomic E-state index is 13.0. The van der Waals surface area contributed by atoms with E-state index < -0.39 is 18.1 Å². The van der Waals surface area contributed by atoms with Crippen LogP contribution in [-0.2, 0) is 18.4 Å². The minimum absolute atomic E-state index is 0.0381.